The molecule has 1 aromatic heterocycles. The number of para-hydroxylation sites is 1. The Morgan fingerprint density at radius 1 is 1.17 bits per heavy atom. The van der Waals surface area contributed by atoms with Crippen LogP contribution in [0.2, 0.25) is 0 Å². The van der Waals surface area contributed by atoms with Gasteiger partial charge in [0.05, 0.1) is 0 Å². The van der Waals surface area contributed by atoms with Gasteiger partial charge in [-0.2, -0.15) is 0 Å². The van der Waals surface area contributed by atoms with E-state index in [4.69, 9.17) is 0 Å². The number of aromatic amines is 1. The molecule has 0 radical (unpaired) electrons. The number of carbonyl (C=O) groups excluding carboxylic acids is 1. The molecule has 2 amide bonds. The molecule has 124 valence electrons. The summed E-state index contributed by atoms with van der Waals surface area (Å²) in [5.41, 5.74) is 2.24. The molecule has 0 atom stereocenters. The molecule has 5 heteroatoms. The van der Waals surface area contributed by atoms with Crippen LogP contribution in [0.25, 0.3) is 10.9 Å². The van der Waals surface area contributed by atoms with Gasteiger partial charge in [-0.1, -0.05) is 32.0 Å². The van der Waals surface area contributed by atoms with E-state index in [-0.39, 0.29) is 17.3 Å². The Balaban J connectivity index is 1.70. The molecule has 4 nitrogen and oxygen atoms in total. The fourth-order valence-corrected chi connectivity index (χ4v) is 2.75. The third-order valence-corrected chi connectivity index (χ3v) is 4.10. The first-order valence-electron chi connectivity index (χ1n) is 7.83. The minimum Gasteiger partial charge on any atom is -0.361 e. The summed E-state index contributed by atoms with van der Waals surface area (Å²) in [4.78, 5) is 15.2. The maximum atomic E-state index is 13.3. The molecular weight excluding hydrogens is 305 g/mol. The number of benzene rings is 2. The summed E-state index contributed by atoms with van der Waals surface area (Å²) in [6.45, 7) is 4.54. The quantitative estimate of drug-likeness (QED) is 0.654. The molecule has 0 fully saturated rings. The highest BCUT2D eigenvalue weighted by Gasteiger charge is 2.24. The zero-order valence-electron chi connectivity index (χ0n) is 13.7. The lowest BCUT2D eigenvalue weighted by molar-refractivity contribution is 0.249. The highest BCUT2D eigenvalue weighted by Crippen LogP contribution is 2.30. The molecule has 2 aromatic carbocycles. The van der Waals surface area contributed by atoms with Gasteiger partial charge in [0.1, 0.15) is 5.82 Å². The van der Waals surface area contributed by atoms with Crippen LogP contribution in [0.3, 0.4) is 0 Å². The van der Waals surface area contributed by atoms with E-state index >= 15 is 0 Å². The molecule has 0 spiro atoms. The second kappa shape index (κ2) is 6.35. The predicted octanol–water partition coefficient (Wildman–Crippen LogP) is 4.41. The Hall–Kier alpha value is -2.82. The Morgan fingerprint density at radius 2 is 1.92 bits per heavy atom. The van der Waals surface area contributed by atoms with Crippen molar-refractivity contribution in [2.45, 2.75) is 19.3 Å². The van der Waals surface area contributed by atoms with Crippen LogP contribution in [0.4, 0.5) is 14.9 Å². The molecule has 3 aromatic rings. The monoisotopic (exact) mass is 325 g/mol. The van der Waals surface area contributed by atoms with E-state index < -0.39 is 0 Å². The maximum absolute atomic E-state index is 13.3. The molecule has 3 rings (SSSR count). The standard InChI is InChI=1S/C19H20FN3O/c1-19(2,12-22-18(24)23-14-6-4-3-5-7-14)16-11-21-17-10-13(20)8-9-15(16)17/h3-11,21H,12H2,1-2H3,(H2,22,23,24). The number of rotatable bonds is 4. The van der Waals surface area contributed by atoms with Crippen LogP contribution in [0.1, 0.15) is 19.4 Å². The first-order chi connectivity index (χ1) is 11.5. The van der Waals surface area contributed by atoms with Crippen molar-refractivity contribution >= 4 is 22.6 Å². The van der Waals surface area contributed by atoms with Crippen LogP contribution in [0, 0.1) is 5.82 Å². The zero-order valence-corrected chi connectivity index (χ0v) is 13.7. The summed E-state index contributed by atoms with van der Waals surface area (Å²) in [6.07, 6.45) is 1.88. The van der Waals surface area contributed by atoms with Crippen LogP contribution < -0.4 is 10.6 Å². The van der Waals surface area contributed by atoms with E-state index in [0.29, 0.717) is 6.54 Å². The number of fused-ring (bicyclic) bond motifs is 1. The Labute approximate surface area is 140 Å². The number of carbonyl (C=O) groups is 1. The minimum absolute atomic E-state index is 0.250. The molecule has 0 aliphatic carbocycles. The Kier molecular flexibility index (Phi) is 4.25. The summed E-state index contributed by atoms with van der Waals surface area (Å²) >= 11 is 0. The average molecular weight is 325 g/mol. The van der Waals surface area contributed by atoms with Crippen molar-refractivity contribution in [3.05, 3.63) is 66.1 Å². The minimum atomic E-state index is -0.301. The van der Waals surface area contributed by atoms with E-state index in [2.05, 4.69) is 15.6 Å². The van der Waals surface area contributed by atoms with Crippen LogP contribution >= 0.6 is 0 Å². The van der Waals surface area contributed by atoms with Crippen molar-refractivity contribution in [1.82, 2.24) is 10.3 Å². The number of anilines is 1. The number of aromatic nitrogens is 1. The highest BCUT2D eigenvalue weighted by molar-refractivity contribution is 5.89. The molecule has 0 saturated carbocycles. The average Bonchev–Trinajstić information content (AvgIpc) is 2.98. The van der Waals surface area contributed by atoms with Crippen LogP contribution in [-0.2, 0) is 5.41 Å². The lowest BCUT2D eigenvalue weighted by Gasteiger charge is -2.25. The van der Waals surface area contributed by atoms with Gasteiger partial charge >= 0.3 is 6.03 Å². The van der Waals surface area contributed by atoms with Gasteiger partial charge in [-0.15, -0.1) is 0 Å². The first-order valence-corrected chi connectivity index (χ1v) is 7.83. The zero-order chi connectivity index (χ0) is 17.2. The van der Waals surface area contributed by atoms with Gasteiger partial charge < -0.3 is 15.6 Å². The van der Waals surface area contributed by atoms with Gasteiger partial charge in [-0.05, 0) is 35.9 Å². The van der Waals surface area contributed by atoms with Crippen LogP contribution in [0.5, 0.6) is 0 Å². The molecule has 0 bridgehead atoms. The van der Waals surface area contributed by atoms with Crippen molar-refractivity contribution in [3.8, 4) is 0 Å². The normalized spacial score (nSPS) is 11.5. The van der Waals surface area contributed by atoms with Gasteiger partial charge in [0.15, 0.2) is 0 Å². The molecule has 0 aliphatic rings. The van der Waals surface area contributed by atoms with Gasteiger partial charge in [-0.3, -0.25) is 0 Å². The maximum Gasteiger partial charge on any atom is 0.319 e. The van der Waals surface area contributed by atoms with E-state index in [1.54, 1.807) is 6.07 Å². The molecule has 24 heavy (non-hydrogen) atoms. The summed E-state index contributed by atoms with van der Waals surface area (Å²) in [6, 6.07) is 13.7. The number of halogens is 1. The van der Waals surface area contributed by atoms with Crippen molar-refractivity contribution < 1.29 is 9.18 Å². The van der Waals surface area contributed by atoms with Gasteiger partial charge in [0.2, 0.25) is 0 Å². The lowest BCUT2D eigenvalue weighted by atomic mass is 9.84. The van der Waals surface area contributed by atoms with Gasteiger partial charge in [-0.25, -0.2) is 9.18 Å². The third kappa shape index (κ3) is 3.40. The summed E-state index contributed by atoms with van der Waals surface area (Å²) < 4.78 is 13.3. The highest BCUT2D eigenvalue weighted by atomic mass is 19.1. The Morgan fingerprint density at radius 3 is 2.67 bits per heavy atom. The smallest absolute Gasteiger partial charge is 0.319 e. The molecule has 0 unspecified atom stereocenters. The number of hydrogen-bond acceptors (Lipinski definition) is 1. The first kappa shape index (κ1) is 16.1. The predicted molar refractivity (Wildman–Crippen MR) is 94.7 cm³/mol. The number of nitrogens with one attached hydrogen (secondary N) is 3. The summed E-state index contributed by atoms with van der Waals surface area (Å²) in [5, 5.41) is 6.66. The third-order valence-electron chi connectivity index (χ3n) is 4.10. The summed E-state index contributed by atoms with van der Waals surface area (Å²) in [7, 11) is 0. The molecular formula is C19H20FN3O. The van der Waals surface area contributed by atoms with Gasteiger partial charge in [0.25, 0.3) is 0 Å². The molecule has 3 N–H and O–H groups in total. The van der Waals surface area contributed by atoms with Crippen LogP contribution in [0.15, 0.2) is 54.7 Å². The second-order valence-corrected chi connectivity index (χ2v) is 6.45. The van der Waals surface area contributed by atoms with E-state index in [1.165, 1.54) is 12.1 Å². The fourth-order valence-electron chi connectivity index (χ4n) is 2.75. The van der Waals surface area contributed by atoms with Gasteiger partial charge in [0, 0.05) is 34.7 Å². The number of amides is 2. The number of hydrogen-bond donors (Lipinski definition) is 3. The van der Waals surface area contributed by atoms with Crippen LogP contribution in [-0.4, -0.2) is 17.6 Å². The number of H-pyrrole nitrogens is 1. The van der Waals surface area contributed by atoms with E-state index in [1.807, 2.05) is 50.4 Å². The molecule has 0 saturated heterocycles. The van der Waals surface area contributed by atoms with Crippen molar-refractivity contribution in [1.29, 1.82) is 0 Å². The molecule has 0 aliphatic heterocycles. The molecule has 1 heterocycles. The topological polar surface area (TPSA) is 56.9 Å². The lowest BCUT2D eigenvalue weighted by Crippen LogP contribution is -2.38. The second-order valence-electron chi connectivity index (χ2n) is 6.45. The summed E-state index contributed by atoms with van der Waals surface area (Å²) in [5.74, 6) is -0.269. The van der Waals surface area contributed by atoms with E-state index in [9.17, 15) is 9.18 Å². The van der Waals surface area contributed by atoms with E-state index in [0.717, 1.165) is 22.2 Å². The van der Waals surface area contributed by atoms with Crippen molar-refractivity contribution in [2.24, 2.45) is 0 Å². The van der Waals surface area contributed by atoms with Crippen molar-refractivity contribution in [2.75, 3.05) is 11.9 Å². The Bertz CT molecular complexity index is 855. The SMILES string of the molecule is CC(C)(CNC(=O)Nc1ccccc1)c1c[nH]c2cc(F)ccc12. The number of urea groups is 1. The van der Waals surface area contributed by atoms with Crippen molar-refractivity contribution in [3.63, 3.8) is 0 Å². The largest absolute Gasteiger partial charge is 0.361 e. The fraction of sp³-hybridized carbons (Fsp3) is 0.211.